The molecule has 18 heteroatoms. The molecule has 42 heavy (non-hydrogen) atoms. The number of hydrogen-bond donors (Lipinski definition) is 3. The molecule has 1 aromatic heterocycles. The van der Waals surface area contributed by atoms with Crippen LogP contribution in [0.2, 0.25) is 5.02 Å². The average Bonchev–Trinajstić information content (AvgIpc) is 3.38. The summed E-state index contributed by atoms with van der Waals surface area (Å²) in [5.41, 5.74) is 1.50. The molecule has 13 nitrogen and oxygen atoms in total. The quantitative estimate of drug-likeness (QED) is 0.132. The minimum atomic E-state index is -5.36. The Labute approximate surface area is 289 Å². The van der Waals surface area contributed by atoms with E-state index in [0.29, 0.717) is 11.3 Å². The molecule has 0 radical (unpaired) electrons. The van der Waals surface area contributed by atoms with E-state index in [1.54, 1.807) is 24.3 Å². The van der Waals surface area contributed by atoms with Gasteiger partial charge in [-0.3, -0.25) is 5.32 Å². The van der Waals surface area contributed by atoms with Gasteiger partial charge in [0.15, 0.2) is 0 Å². The fourth-order valence-electron chi connectivity index (χ4n) is 3.43. The molecule has 3 amide bonds. The van der Waals surface area contributed by atoms with Crippen LogP contribution in [0.4, 0.5) is 19.9 Å². The predicted molar refractivity (Wildman–Crippen MR) is 136 cm³/mol. The summed E-state index contributed by atoms with van der Waals surface area (Å²) in [7, 11) is -4.04. The number of benzene rings is 2. The molecule has 0 unspecified atom stereocenters. The number of carbonyl (C=O) groups excluding carboxylic acids is 2. The number of ether oxygens (including phenoxy) is 1. The Morgan fingerprint density at radius 3 is 2.52 bits per heavy atom. The maximum absolute atomic E-state index is 13.7. The zero-order chi connectivity index (χ0) is 29.3. The number of anilines is 1. The molecule has 0 bridgehead atoms. The summed E-state index contributed by atoms with van der Waals surface area (Å²) < 4.78 is 38.8. The molecule has 3 aromatic rings. The summed E-state index contributed by atoms with van der Waals surface area (Å²) in [5, 5.41) is 18.7. The van der Waals surface area contributed by atoms with Crippen LogP contribution >= 0.6 is 19.4 Å². The minimum absolute atomic E-state index is 0. The second kappa shape index (κ2) is 18.3. The van der Waals surface area contributed by atoms with Crippen molar-refractivity contribution in [3.8, 4) is 11.3 Å². The number of urea groups is 1. The number of amides is 3. The number of aliphatic hydroxyl groups is 1. The molecule has 0 aliphatic rings. The first-order valence-corrected chi connectivity index (χ1v) is 13.5. The van der Waals surface area contributed by atoms with Crippen molar-refractivity contribution in [1.82, 2.24) is 15.4 Å². The van der Waals surface area contributed by atoms with E-state index in [2.05, 4.69) is 20.3 Å². The number of nitrogens with one attached hydrogen (secondary N) is 2. The third kappa shape index (κ3) is 12.6. The first kappa shape index (κ1) is 38.5. The van der Waals surface area contributed by atoms with Gasteiger partial charge in [-0.1, -0.05) is 59.2 Å². The predicted octanol–water partition coefficient (Wildman–Crippen LogP) is -3.50. The van der Waals surface area contributed by atoms with Crippen LogP contribution in [0.15, 0.2) is 59.1 Å². The SMILES string of the molecule is CN(C(=O)NCc1cccc(F)c1Cl)[C@H](COC(=O)Nc1cc(-c2ccccc2)no1)C[C@@H](O)COP(=O)([O-])[O-].[Na+].[Na+]. The number of phosphoric acid groups is 1. The molecule has 0 saturated carbocycles. The zero-order valence-electron chi connectivity index (χ0n) is 23.0. The monoisotopic (exact) mass is 644 g/mol. The van der Waals surface area contributed by atoms with Gasteiger partial charge >= 0.3 is 71.2 Å². The standard InChI is InChI=1S/C24H27ClFN4O9P.2Na/c1-30(23(32)27-12-16-8-5-9-19(26)22(16)25)17(10-18(31)14-38-40(34,35)36)13-37-24(33)28-21-11-20(29-39-21)15-6-3-2-4-7-15;;/h2-9,11,17-18,31H,10,12-14H2,1H3,(H,27,32)(H,28,33)(H2,34,35,36);;/q;2*+1/p-2/t17-,18+;;/m0../s1. The summed E-state index contributed by atoms with van der Waals surface area (Å²) in [5.74, 6) is -0.688. The van der Waals surface area contributed by atoms with Crippen LogP contribution in [-0.2, 0) is 20.4 Å². The van der Waals surface area contributed by atoms with Crippen molar-refractivity contribution in [2.45, 2.75) is 25.1 Å². The van der Waals surface area contributed by atoms with Crippen LogP contribution < -0.4 is 79.5 Å². The summed E-state index contributed by atoms with van der Waals surface area (Å²) in [6.07, 6.45) is -2.85. The first-order chi connectivity index (χ1) is 18.9. The fourth-order valence-corrected chi connectivity index (χ4v) is 3.98. The number of nitrogens with zero attached hydrogens (tertiary/aromatic N) is 2. The van der Waals surface area contributed by atoms with E-state index in [4.69, 9.17) is 20.9 Å². The molecule has 0 aliphatic carbocycles. The van der Waals surface area contributed by atoms with E-state index in [0.717, 1.165) is 16.5 Å². The molecule has 0 spiro atoms. The van der Waals surface area contributed by atoms with Crippen LogP contribution in [-0.4, -0.2) is 59.7 Å². The second-order valence-corrected chi connectivity index (χ2v) is 9.97. The Balaban J connectivity index is 0.00000441. The number of likely N-dealkylation sites (N-methyl/N-ethyl adjacent to an activating group) is 1. The minimum Gasteiger partial charge on any atom is -0.790 e. The topological polar surface area (TPSA) is 189 Å². The normalized spacial score (nSPS) is 12.2. The van der Waals surface area contributed by atoms with Gasteiger partial charge in [-0.15, -0.1) is 0 Å². The van der Waals surface area contributed by atoms with Crippen molar-refractivity contribution in [3.63, 3.8) is 0 Å². The molecular formula is C24H25ClFN4Na2O9P. The fraction of sp³-hybridized carbons (Fsp3) is 0.292. The van der Waals surface area contributed by atoms with E-state index in [9.17, 15) is 33.4 Å². The molecule has 0 fully saturated rings. The van der Waals surface area contributed by atoms with Gasteiger partial charge in [0.05, 0.1) is 31.6 Å². The molecule has 2 aromatic carbocycles. The van der Waals surface area contributed by atoms with E-state index in [1.165, 1.54) is 25.2 Å². The van der Waals surface area contributed by atoms with Gasteiger partial charge in [0, 0.05) is 25.2 Å². The summed E-state index contributed by atoms with van der Waals surface area (Å²) in [6, 6.07) is 12.8. The molecule has 0 aliphatic heterocycles. The summed E-state index contributed by atoms with van der Waals surface area (Å²) in [6.45, 7) is -1.49. The van der Waals surface area contributed by atoms with E-state index < -0.39 is 51.1 Å². The summed E-state index contributed by atoms with van der Waals surface area (Å²) in [4.78, 5) is 47.7. The number of halogens is 2. The Morgan fingerprint density at radius 2 is 1.86 bits per heavy atom. The Hall–Kier alpha value is -1.52. The van der Waals surface area contributed by atoms with Gasteiger partial charge in [0.25, 0.3) is 0 Å². The van der Waals surface area contributed by atoms with Crippen molar-refractivity contribution in [2.24, 2.45) is 0 Å². The van der Waals surface area contributed by atoms with Crippen molar-refractivity contribution < 1.29 is 106 Å². The molecule has 2 atom stereocenters. The Bertz CT molecular complexity index is 1350. The zero-order valence-corrected chi connectivity index (χ0v) is 28.6. The van der Waals surface area contributed by atoms with Crippen LogP contribution in [0, 0.1) is 5.82 Å². The summed E-state index contributed by atoms with van der Waals surface area (Å²) >= 11 is 5.91. The largest absolute Gasteiger partial charge is 1.00 e. The molecule has 1 heterocycles. The average molecular weight is 645 g/mol. The number of aromatic nitrogens is 1. The van der Waals surface area contributed by atoms with E-state index in [1.807, 2.05) is 6.07 Å². The van der Waals surface area contributed by atoms with Gasteiger partial charge < -0.3 is 43.5 Å². The van der Waals surface area contributed by atoms with Gasteiger partial charge in [-0.25, -0.2) is 14.0 Å². The van der Waals surface area contributed by atoms with Crippen LogP contribution in [0.5, 0.6) is 0 Å². The van der Waals surface area contributed by atoms with Gasteiger partial charge in [0.1, 0.15) is 18.1 Å². The van der Waals surface area contributed by atoms with Gasteiger partial charge in [-0.2, -0.15) is 0 Å². The van der Waals surface area contributed by atoms with Crippen LogP contribution in [0.1, 0.15) is 12.0 Å². The van der Waals surface area contributed by atoms with Crippen molar-refractivity contribution >= 4 is 37.4 Å². The number of rotatable bonds is 12. The van der Waals surface area contributed by atoms with Crippen LogP contribution in [0.3, 0.4) is 0 Å². The first-order valence-electron chi connectivity index (χ1n) is 11.7. The van der Waals surface area contributed by atoms with Crippen molar-refractivity contribution in [3.05, 3.63) is 71.0 Å². The maximum atomic E-state index is 13.7. The van der Waals surface area contributed by atoms with Crippen molar-refractivity contribution in [2.75, 3.05) is 25.6 Å². The number of phosphoric ester groups is 1. The van der Waals surface area contributed by atoms with Gasteiger partial charge in [-0.05, 0) is 18.1 Å². The van der Waals surface area contributed by atoms with Crippen molar-refractivity contribution in [1.29, 1.82) is 0 Å². The van der Waals surface area contributed by atoms with Crippen LogP contribution in [0.25, 0.3) is 11.3 Å². The molecule has 3 N–H and O–H groups in total. The number of carbonyl (C=O) groups is 2. The number of aliphatic hydroxyl groups excluding tert-OH is 1. The molecule has 216 valence electrons. The molecule has 3 rings (SSSR count). The molecular weight excluding hydrogens is 620 g/mol. The third-order valence-corrected chi connectivity index (χ3v) is 6.40. The van der Waals surface area contributed by atoms with E-state index in [-0.39, 0.29) is 83.0 Å². The van der Waals surface area contributed by atoms with E-state index >= 15 is 0 Å². The second-order valence-electron chi connectivity index (χ2n) is 8.43. The maximum Gasteiger partial charge on any atom is 1.00 e. The smallest absolute Gasteiger partial charge is 0.790 e. The molecule has 0 saturated heterocycles. The number of hydrogen-bond acceptors (Lipinski definition) is 10. The Morgan fingerprint density at radius 1 is 1.17 bits per heavy atom. The van der Waals surface area contributed by atoms with Gasteiger partial charge in [0.2, 0.25) is 5.88 Å². The third-order valence-electron chi connectivity index (χ3n) is 5.51. The Kier molecular flexibility index (Phi) is 16.8.